The van der Waals surface area contributed by atoms with E-state index in [1.165, 1.54) is 12.5 Å². The predicted octanol–water partition coefficient (Wildman–Crippen LogP) is 3.55. The Bertz CT molecular complexity index is 290. The first kappa shape index (κ1) is 9.00. The molecule has 0 heterocycles. The minimum Gasteiger partial charge on any atom is -0.379 e. The highest BCUT2D eigenvalue weighted by atomic mass is 79.9. The molecule has 70 valence electrons. The zero-order valence-corrected chi connectivity index (χ0v) is 8.77. The molecule has 1 aromatic carbocycles. The highest BCUT2D eigenvalue weighted by molar-refractivity contribution is 9.10. The fourth-order valence-electron chi connectivity index (χ4n) is 1.39. The Kier molecular flexibility index (Phi) is 2.54. The van der Waals surface area contributed by atoms with E-state index in [1.54, 1.807) is 6.07 Å². The maximum atomic E-state index is 13.3. The second kappa shape index (κ2) is 3.66. The molecule has 1 aromatic rings. The molecule has 1 fully saturated rings. The summed E-state index contributed by atoms with van der Waals surface area (Å²) in [7, 11) is 0. The normalized spacial score (nSPS) is 16.8. The van der Waals surface area contributed by atoms with Gasteiger partial charge in [0, 0.05) is 10.5 Å². The third-order valence-electron chi connectivity index (χ3n) is 2.42. The van der Waals surface area contributed by atoms with Crippen molar-refractivity contribution in [2.45, 2.75) is 25.3 Å². The minimum atomic E-state index is -0.179. The molecule has 0 atom stereocenters. The number of nitrogens with one attached hydrogen (secondary N) is 1. The molecule has 1 saturated carbocycles. The van der Waals surface area contributed by atoms with Crippen molar-refractivity contribution in [2.75, 3.05) is 5.32 Å². The zero-order chi connectivity index (χ0) is 9.26. The summed E-state index contributed by atoms with van der Waals surface area (Å²) in [6, 6.07) is 5.49. The van der Waals surface area contributed by atoms with Crippen LogP contribution < -0.4 is 5.32 Å². The zero-order valence-electron chi connectivity index (χ0n) is 7.19. The van der Waals surface area contributed by atoms with Crippen molar-refractivity contribution in [3.05, 3.63) is 28.5 Å². The average Bonchev–Trinajstić information content (AvgIpc) is 2.00. The summed E-state index contributed by atoms with van der Waals surface area (Å²) in [4.78, 5) is 0. The van der Waals surface area contributed by atoms with Crippen LogP contribution in [0.5, 0.6) is 0 Å². The highest BCUT2D eigenvalue weighted by Gasteiger charge is 2.19. The molecule has 0 bridgehead atoms. The Morgan fingerprint density at radius 1 is 1.38 bits per heavy atom. The predicted molar refractivity (Wildman–Crippen MR) is 55.4 cm³/mol. The molecule has 2 rings (SSSR count). The average molecular weight is 244 g/mol. The molecular formula is C10H11BrFN. The summed E-state index contributed by atoms with van der Waals surface area (Å²) in [5.74, 6) is -0.179. The summed E-state index contributed by atoms with van der Waals surface area (Å²) < 4.78 is 14.1. The van der Waals surface area contributed by atoms with Gasteiger partial charge in [-0.3, -0.25) is 0 Å². The Balaban J connectivity index is 2.17. The first-order chi connectivity index (χ1) is 6.27. The van der Waals surface area contributed by atoms with Crippen LogP contribution in [0.15, 0.2) is 22.7 Å². The van der Waals surface area contributed by atoms with Crippen LogP contribution >= 0.6 is 15.9 Å². The lowest BCUT2D eigenvalue weighted by atomic mass is 9.93. The maximum absolute atomic E-state index is 13.3. The van der Waals surface area contributed by atoms with Crippen LogP contribution in [0.25, 0.3) is 0 Å². The monoisotopic (exact) mass is 243 g/mol. The number of anilines is 1. The molecule has 0 amide bonds. The van der Waals surface area contributed by atoms with Crippen molar-refractivity contribution < 1.29 is 4.39 Å². The number of rotatable bonds is 2. The van der Waals surface area contributed by atoms with Gasteiger partial charge in [-0.2, -0.15) is 0 Å². The molecule has 0 spiro atoms. The fraction of sp³-hybridized carbons (Fsp3) is 0.400. The van der Waals surface area contributed by atoms with Crippen molar-refractivity contribution in [1.29, 1.82) is 0 Å². The Hall–Kier alpha value is -0.570. The van der Waals surface area contributed by atoms with Gasteiger partial charge in [-0.15, -0.1) is 0 Å². The number of benzene rings is 1. The van der Waals surface area contributed by atoms with Gasteiger partial charge in [0.25, 0.3) is 0 Å². The van der Waals surface area contributed by atoms with Crippen LogP contribution in [0.2, 0.25) is 0 Å². The number of hydrogen-bond acceptors (Lipinski definition) is 1. The molecule has 1 N–H and O–H groups in total. The molecule has 0 saturated heterocycles. The summed E-state index contributed by atoms with van der Waals surface area (Å²) in [6.45, 7) is 0. The van der Waals surface area contributed by atoms with E-state index in [0.29, 0.717) is 11.7 Å². The van der Waals surface area contributed by atoms with Crippen LogP contribution in [0.1, 0.15) is 19.3 Å². The molecule has 1 aliphatic rings. The first-order valence-corrected chi connectivity index (χ1v) is 5.27. The smallest absolute Gasteiger partial charge is 0.147 e. The molecule has 1 aliphatic carbocycles. The van der Waals surface area contributed by atoms with E-state index in [4.69, 9.17) is 0 Å². The molecule has 0 radical (unpaired) electrons. The van der Waals surface area contributed by atoms with E-state index >= 15 is 0 Å². The van der Waals surface area contributed by atoms with Crippen molar-refractivity contribution in [3.63, 3.8) is 0 Å². The molecule has 1 nitrogen and oxygen atoms in total. The van der Waals surface area contributed by atoms with E-state index in [0.717, 1.165) is 17.3 Å². The topological polar surface area (TPSA) is 12.0 Å². The number of halogens is 2. The Morgan fingerprint density at radius 3 is 2.69 bits per heavy atom. The van der Waals surface area contributed by atoms with Crippen molar-refractivity contribution in [1.82, 2.24) is 0 Å². The number of hydrogen-bond donors (Lipinski definition) is 1. The summed E-state index contributed by atoms with van der Waals surface area (Å²) in [5, 5.41) is 3.19. The third kappa shape index (κ3) is 1.85. The first-order valence-electron chi connectivity index (χ1n) is 4.48. The Labute approximate surface area is 85.5 Å². The van der Waals surface area contributed by atoms with E-state index in [9.17, 15) is 4.39 Å². The van der Waals surface area contributed by atoms with Gasteiger partial charge < -0.3 is 5.32 Å². The molecule has 0 unspecified atom stereocenters. The van der Waals surface area contributed by atoms with Gasteiger partial charge in [-0.25, -0.2) is 4.39 Å². The fourth-order valence-corrected chi connectivity index (χ4v) is 1.85. The third-order valence-corrected chi connectivity index (χ3v) is 3.08. The van der Waals surface area contributed by atoms with Gasteiger partial charge >= 0.3 is 0 Å². The lowest BCUT2D eigenvalue weighted by molar-refractivity contribution is 0.443. The van der Waals surface area contributed by atoms with E-state index in [-0.39, 0.29) is 5.82 Å². The van der Waals surface area contributed by atoms with Crippen LogP contribution in [0.4, 0.5) is 10.1 Å². The van der Waals surface area contributed by atoms with Crippen LogP contribution in [-0.4, -0.2) is 6.04 Å². The van der Waals surface area contributed by atoms with Crippen molar-refractivity contribution in [3.8, 4) is 0 Å². The Morgan fingerprint density at radius 2 is 2.15 bits per heavy atom. The lowest BCUT2D eigenvalue weighted by Gasteiger charge is -2.28. The van der Waals surface area contributed by atoms with Gasteiger partial charge in [-0.05, 0) is 47.3 Å². The number of para-hydroxylation sites is 1. The maximum Gasteiger partial charge on any atom is 0.147 e. The lowest BCUT2D eigenvalue weighted by Crippen LogP contribution is -2.27. The van der Waals surface area contributed by atoms with Gasteiger partial charge in [0.05, 0.1) is 5.69 Å². The highest BCUT2D eigenvalue weighted by Crippen LogP contribution is 2.30. The quantitative estimate of drug-likeness (QED) is 0.838. The van der Waals surface area contributed by atoms with Gasteiger partial charge in [0.2, 0.25) is 0 Å². The minimum absolute atomic E-state index is 0.179. The second-order valence-corrected chi connectivity index (χ2v) is 4.22. The van der Waals surface area contributed by atoms with Gasteiger partial charge in [0.15, 0.2) is 0 Å². The van der Waals surface area contributed by atoms with Crippen molar-refractivity contribution in [2.24, 2.45) is 0 Å². The van der Waals surface area contributed by atoms with Crippen molar-refractivity contribution >= 4 is 21.6 Å². The van der Waals surface area contributed by atoms with Crippen LogP contribution in [0, 0.1) is 5.82 Å². The van der Waals surface area contributed by atoms with E-state index in [1.807, 2.05) is 6.07 Å². The largest absolute Gasteiger partial charge is 0.379 e. The summed E-state index contributed by atoms with van der Waals surface area (Å²) in [6.07, 6.45) is 3.56. The molecule has 0 aromatic heterocycles. The standard InChI is InChI=1S/C10H11BrFN/c11-8-5-2-6-9(12)10(8)13-7-3-1-4-7/h2,5-7,13H,1,3-4H2. The van der Waals surface area contributed by atoms with Gasteiger partial charge in [0.1, 0.15) is 5.82 Å². The summed E-state index contributed by atoms with van der Waals surface area (Å²) in [5.41, 5.74) is 0.604. The van der Waals surface area contributed by atoms with Crippen LogP contribution in [-0.2, 0) is 0 Å². The molecular weight excluding hydrogens is 233 g/mol. The SMILES string of the molecule is Fc1cccc(Br)c1NC1CCC1. The second-order valence-electron chi connectivity index (χ2n) is 3.37. The van der Waals surface area contributed by atoms with Crippen LogP contribution in [0.3, 0.4) is 0 Å². The molecule has 3 heteroatoms. The molecule has 13 heavy (non-hydrogen) atoms. The summed E-state index contributed by atoms with van der Waals surface area (Å²) >= 11 is 3.33. The van der Waals surface area contributed by atoms with Gasteiger partial charge in [-0.1, -0.05) is 6.07 Å². The van der Waals surface area contributed by atoms with E-state index in [2.05, 4.69) is 21.2 Å². The molecule has 0 aliphatic heterocycles. The van der Waals surface area contributed by atoms with E-state index < -0.39 is 0 Å².